The highest BCUT2D eigenvalue weighted by atomic mass is 16.2. The number of hydrogen-bond donors (Lipinski definition) is 2. The molecule has 0 aromatic carbocycles. The van der Waals surface area contributed by atoms with E-state index < -0.39 is 0 Å². The quantitative estimate of drug-likeness (QED) is 0.654. The first-order valence-electron chi connectivity index (χ1n) is 5.68. The normalized spacial score (nSPS) is 19.6. The van der Waals surface area contributed by atoms with E-state index in [9.17, 15) is 4.79 Å². The molecule has 1 fully saturated rings. The van der Waals surface area contributed by atoms with Crippen molar-refractivity contribution < 1.29 is 4.79 Å². The van der Waals surface area contributed by atoms with Crippen LogP contribution in [0.25, 0.3) is 0 Å². The van der Waals surface area contributed by atoms with E-state index in [0.29, 0.717) is 0 Å². The summed E-state index contributed by atoms with van der Waals surface area (Å²) in [6, 6.07) is 0. The number of hydrogen-bond acceptors (Lipinski definition) is 2. The van der Waals surface area contributed by atoms with Gasteiger partial charge in [0.1, 0.15) is 0 Å². The molecular formula is C11H22N2O. The summed E-state index contributed by atoms with van der Waals surface area (Å²) in [6.45, 7) is 6.75. The largest absolute Gasteiger partial charge is 0.354 e. The van der Waals surface area contributed by atoms with Gasteiger partial charge in [0.25, 0.3) is 0 Å². The van der Waals surface area contributed by atoms with Crippen LogP contribution in [-0.2, 0) is 4.79 Å². The van der Waals surface area contributed by atoms with Crippen LogP contribution in [0.5, 0.6) is 0 Å². The van der Waals surface area contributed by atoms with Crippen molar-refractivity contribution in [1.29, 1.82) is 0 Å². The van der Waals surface area contributed by atoms with Crippen LogP contribution in [0.15, 0.2) is 0 Å². The third kappa shape index (κ3) is 2.98. The van der Waals surface area contributed by atoms with Crippen molar-refractivity contribution >= 4 is 5.91 Å². The Bertz CT molecular complexity index is 186. The molecule has 0 aromatic heterocycles. The molecule has 1 saturated carbocycles. The zero-order valence-corrected chi connectivity index (χ0v) is 9.36. The lowest BCUT2D eigenvalue weighted by atomic mass is 9.88. The second-order valence-electron chi connectivity index (χ2n) is 4.38. The lowest BCUT2D eigenvalue weighted by molar-refractivity contribution is -0.129. The standard InChI is InChI=1S/C11H22N2O/c1-3-12-8-9-13-10(14)11(2)6-4-5-7-11/h12H,3-9H2,1-2H3,(H,13,14). The lowest BCUT2D eigenvalue weighted by Gasteiger charge is -2.22. The van der Waals surface area contributed by atoms with Gasteiger partial charge >= 0.3 is 0 Å². The molecule has 3 heteroatoms. The summed E-state index contributed by atoms with van der Waals surface area (Å²) in [7, 11) is 0. The molecule has 0 saturated heterocycles. The second-order valence-corrected chi connectivity index (χ2v) is 4.38. The molecule has 2 N–H and O–H groups in total. The van der Waals surface area contributed by atoms with Crippen LogP contribution in [0.1, 0.15) is 39.5 Å². The molecular weight excluding hydrogens is 176 g/mol. The maximum Gasteiger partial charge on any atom is 0.225 e. The lowest BCUT2D eigenvalue weighted by Crippen LogP contribution is -2.40. The Hall–Kier alpha value is -0.570. The summed E-state index contributed by atoms with van der Waals surface area (Å²) >= 11 is 0. The minimum atomic E-state index is -0.0772. The molecule has 0 radical (unpaired) electrons. The molecule has 1 aliphatic carbocycles. The minimum absolute atomic E-state index is 0.0772. The minimum Gasteiger partial charge on any atom is -0.354 e. The predicted octanol–water partition coefficient (Wildman–Crippen LogP) is 1.29. The summed E-state index contributed by atoms with van der Waals surface area (Å²) < 4.78 is 0. The van der Waals surface area contributed by atoms with Gasteiger partial charge in [0.15, 0.2) is 0 Å². The molecule has 0 aromatic rings. The number of carbonyl (C=O) groups is 1. The summed E-state index contributed by atoms with van der Waals surface area (Å²) in [4.78, 5) is 11.8. The highest BCUT2D eigenvalue weighted by Gasteiger charge is 2.35. The fraction of sp³-hybridized carbons (Fsp3) is 0.909. The highest BCUT2D eigenvalue weighted by molar-refractivity contribution is 5.82. The van der Waals surface area contributed by atoms with Crippen molar-refractivity contribution in [2.45, 2.75) is 39.5 Å². The van der Waals surface area contributed by atoms with Gasteiger partial charge in [0.2, 0.25) is 5.91 Å². The summed E-state index contributed by atoms with van der Waals surface area (Å²) in [6.07, 6.45) is 4.52. The molecule has 1 amide bonds. The van der Waals surface area contributed by atoms with E-state index in [1.165, 1.54) is 12.8 Å². The van der Waals surface area contributed by atoms with E-state index in [1.807, 2.05) is 0 Å². The zero-order chi connectivity index (χ0) is 10.4. The van der Waals surface area contributed by atoms with Gasteiger partial charge in [-0.15, -0.1) is 0 Å². The fourth-order valence-corrected chi connectivity index (χ4v) is 2.04. The van der Waals surface area contributed by atoms with Gasteiger partial charge in [-0.05, 0) is 19.4 Å². The summed E-state index contributed by atoms with van der Waals surface area (Å²) in [5.41, 5.74) is -0.0772. The van der Waals surface area contributed by atoms with Crippen LogP contribution < -0.4 is 10.6 Å². The van der Waals surface area contributed by atoms with Gasteiger partial charge in [0.05, 0.1) is 0 Å². The molecule has 14 heavy (non-hydrogen) atoms. The van der Waals surface area contributed by atoms with Gasteiger partial charge in [-0.1, -0.05) is 26.7 Å². The van der Waals surface area contributed by atoms with E-state index in [1.54, 1.807) is 0 Å². The maximum absolute atomic E-state index is 11.8. The van der Waals surface area contributed by atoms with E-state index in [2.05, 4.69) is 24.5 Å². The van der Waals surface area contributed by atoms with Crippen LogP contribution in [0.4, 0.5) is 0 Å². The highest BCUT2D eigenvalue weighted by Crippen LogP contribution is 2.37. The third-order valence-electron chi connectivity index (χ3n) is 3.09. The number of amides is 1. The molecule has 1 aliphatic rings. The predicted molar refractivity (Wildman–Crippen MR) is 58.1 cm³/mol. The molecule has 1 rings (SSSR count). The second kappa shape index (κ2) is 5.35. The SMILES string of the molecule is CCNCCNC(=O)C1(C)CCCC1. The summed E-state index contributed by atoms with van der Waals surface area (Å²) in [5.74, 6) is 0.243. The molecule has 3 nitrogen and oxygen atoms in total. The number of carbonyl (C=O) groups excluding carboxylic acids is 1. The first-order valence-corrected chi connectivity index (χ1v) is 5.68. The zero-order valence-electron chi connectivity index (χ0n) is 9.36. The first-order chi connectivity index (χ1) is 6.69. The van der Waals surface area contributed by atoms with Crippen LogP contribution in [0, 0.1) is 5.41 Å². The average molecular weight is 198 g/mol. The van der Waals surface area contributed by atoms with Crippen molar-refractivity contribution in [2.75, 3.05) is 19.6 Å². The Morgan fingerprint density at radius 2 is 1.93 bits per heavy atom. The van der Waals surface area contributed by atoms with E-state index in [4.69, 9.17) is 0 Å². The Balaban J connectivity index is 2.20. The topological polar surface area (TPSA) is 41.1 Å². The molecule has 0 aliphatic heterocycles. The van der Waals surface area contributed by atoms with Gasteiger partial charge in [-0.25, -0.2) is 0 Å². The number of likely N-dealkylation sites (N-methyl/N-ethyl adjacent to an activating group) is 1. The van der Waals surface area contributed by atoms with Gasteiger partial charge in [-0.3, -0.25) is 4.79 Å². The van der Waals surface area contributed by atoms with Crippen LogP contribution in [0.3, 0.4) is 0 Å². The van der Waals surface area contributed by atoms with Crippen LogP contribution >= 0.6 is 0 Å². The average Bonchev–Trinajstić information content (AvgIpc) is 2.61. The molecule has 0 heterocycles. The van der Waals surface area contributed by atoms with Gasteiger partial charge < -0.3 is 10.6 Å². The van der Waals surface area contributed by atoms with Crippen molar-refractivity contribution in [2.24, 2.45) is 5.41 Å². The van der Waals surface area contributed by atoms with Crippen molar-refractivity contribution in [3.8, 4) is 0 Å². The first kappa shape index (κ1) is 11.5. The fourth-order valence-electron chi connectivity index (χ4n) is 2.04. The van der Waals surface area contributed by atoms with Crippen molar-refractivity contribution in [3.63, 3.8) is 0 Å². The Labute approximate surface area is 86.6 Å². The van der Waals surface area contributed by atoms with E-state index >= 15 is 0 Å². The number of nitrogens with one attached hydrogen (secondary N) is 2. The van der Waals surface area contributed by atoms with Gasteiger partial charge in [-0.2, -0.15) is 0 Å². The summed E-state index contributed by atoms with van der Waals surface area (Å²) in [5, 5.41) is 6.19. The monoisotopic (exact) mass is 198 g/mol. The maximum atomic E-state index is 11.8. The van der Waals surface area contributed by atoms with E-state index in [0.717, 1.165) is 32.5 Å². The molecule has 0 atom stereocenters. The Morgan fingerprint density at radius 3 is 2.50 bits per heavy atom. The van der Waals surface area contributed by atoms with E-state index in [-0.39, 0.29) is 11.3 Å². The third-order valence-corrected chi connectivity index (χ3v) is 3.09. The molecule has 0 bridgehead atoms. The van der Waals surface area contributed by atoms with Crippen LogP contribution in [0.2, 0.25) is 0 Å². The molecule has 0 spiro atoms. The smallest absolute Gasteiger partial charge is 0.225 e. The van der Waals surface area contributed by atoms with Gasteiger partial charge in [0, 0.05) is 18.5 Å². The number of rotatable bonds is 5. The van der Waals surface area contributed by atoms with Crippen molar-refractivity contribution in [1.82, 2.24) is 10.6 Å². The molecule has 82 valence electrons. The Morgan fingerprint density at radius 1 is 1.29 bits per heavy atom. The van der Waals surface area contributed by atoms with Crippen molar-refractivity contribution in [3.05, 3.63) is 0 Å². The molecule has 0 unspecified atom stereocenters. The Kier molecular flexibility index (Phi) is 4.39. The van der Waals surface area contributed by atoms with Crippen LogP contribution in [-0.4, -0.2) is 25.5 Å².